The Hall–Kier alpha value is -0.930. The molecule has 2 atom stereocenters. The van der Waals surface area contributed by atoms with Crippen LogP contribution in [0.5, 0.6) is 0 Å². The number of halogens is 1. The van der Waals surface area contributed by atoms with Gasteiger partial charge in [-0.25, -0.2) is 4.39 Å². The van der Waals surface area contributed by atoms with Crippen LogP contribution in [0.1, 0.15) is 25.0 Å². The summed E-state index contributed by atoms with van der Waals surface area (Å²) in [5.41, 5.74) is 1.64. The summed E-state index contributed by atoms with van der Waals surface area (Å²) in [4.78, 5) is 0. The van der Waals surface area contributed by atoms with Gasteiger partial charge >= 0.3 is 0 Å². The molecule has 0 heterocycles. The second-order valence-corrected chi connectivity index (χ2v) is 4.19. The first kappa shape index (κ1) is 13.1. The minimum atomic E-state index is -0.147. The molecule has 0 spiro atoms. The molecule has 1 aromatic carbocycles. The highest BCUT2D eigenvalue weighted by atomic mass is 19.1. The van der Waals surface area contributed by atoms with Crippen LogP contribution < -0.4 is 5.32 Å². The smallest absolute Gasteiger partial charge is 0.126 e. The van der Waals surface area contributed by atoms with Crippen LogP contribution in [0.4, 0.5) is 4.39 Å². The number of ether oxygens (including phenoxy) is 1. The lowest BCUT2D eigenvalue weighted by Gasteiger charge is -2.20. The third kappa shape index (κ3) is 3.58. The van der Waals surface area contributed by atoms with E-state index in [-0.39, 0.29) is 18.0 Å². The highest BCUT2D eigenvalue weighted by molar-refractivity contribution is 5.23. The Morgan fingerprint density at radius 1 is 1.38 bits per heavy atom. The van der Waals surface area contributed by atoms with Crippen molar-refractivity contribution in [2.75, 3.05) is 7.11 Å². The minimum Gasteiger partial charge on any atom is -0.380 e. The molecule has 0 aliphatic heterocycles. The van der Waals surface area contributed by atoms with Crippen molar-refractivity contribution < 1.29 is 9.13 Å². The predicted molar refractivity (Wildman–Crippen MR) is 63.9 cm³/mol. The second kappa shape index (κ2) is 5.97. The van der Waals surface area contributed by atoms with Crippen molar-refractivity contribution in [3.8, 4) is 0 Å². The summed E-state index contributed by atoms with van der Waals surface area (Å²) in [6.07, 6.45) is 0.148. The molecule has 0 radical (unpaired) electrons. The normalized spacial score (nSPS) is 14.8. The highest BCUT2D eigenvalue weighted by Crippen LogP contribution is 2.09. The topological polar surface area (TPSA) is 21.3 Å². The van der Waals surface area contributed by atoms with Crippen molar-refractivity contribution >= 4 is 0 Å². The molecule has 0 aromatic heterocycles. The summed E-state index contributed by atoms with van der Waals surface area (Å²) in [6.45, 7) is 6.49. The Bertz CT molecular complexity index is 341. The fourth-order valence-electron chi connectivity index (χ4n) is 1.40. The maximum atomic E-state index is 13.3. The van der Waals surface area contributed by atoms with Gasteiger partial charge in [0.25, 0.3) is 0 Å². The van der Waals surface area contributed by atoms with Gasteiger partial charge < -0.3 is 10.1 Å². The van der Waals surface area contributed by atoms with Gasteiger partial charge in [-0.1, -0.05) is 12.1 Å². The summed E-state index contributed by atoms with van der Waals surface area (Å²) in [5.74, 6) is -0.147. The lowest BCUT2D eigenvalue weighted by atomic mass is 10.1. The summed E-state index contributed by atoms with van der Waals surface area (Å²) < 4.78 is 18.5. The van der Waals surface area contributed by atoms with Crippen LogP contribution in [-0.2, 0) is 11.3 Å². The largest absolute Gasteiger partial charge is 0.380 e. The summed E-state index contributed by atoms with van der Waals surface area (Å²) in [6, 6.07) is 5.56. The van der Waals surface area contributed by atoms with Crippen LogP contribution in [-0.4, -0.2) is 19.3 Å². The lowest BCUT2D eigenvalue weighted by molar-refractivity contribution is 0.0882. The van der Waals surface area contributed by atoms with E-state index >= 15 is 0 Å². The molecule has 0 aliphatic rings. The number of aryl methyl sites for hydroxylation is 1. The number of hydrogen-bond donors (Lipinski definition) is 1. The maximum Gasteiger partial charge on any atom is 0.126 e. The van der Waals surface area contributed by atoms with E-state index in [2.05, 4.69) is 12.2 Å². The van der Waals surface area contributed by atoms with Crippen molar-refractivity contribution in [2.24, 2.45) is 0 Å². The number of methoxy groups -OCH3 is 1. The van der Waals surface area contributed by atoms with Crippen LogP contribution in [0.2, 0.25) is 0 Å². The van der Waals surface area contributed by atoms with Crippen LogP contribution in [0.25, 0.3) is 0 Å². The first-order valence-electron chi connectivity index (χ1n) is 5.55. The van der Waals surface area contributed by atoms with Crippen LogP contribution in [0.3, 0.4) is 0 Å². The summed E-state index contributed by atoms with van der Waals surface area (Å²) in [5, 5.41) is 3.30. The molecule has 0 fully saturated rings. The molecule has 0 saturated carbocycles. The van der Waals surface area contributed by atoms with E-state index < -0.39 is 0 Å². The molecule has 3 heteroatoms. The maximum absolute atomic E-state index is 13.3. The minimum absolute atomic E-state index is 0.147. The SMILES string of the molecule is COC(C)C(C)NCc1ccc(C)c(F)c1. The molecule has 1 aromatic rings. The molecular weight excluding hydrogens is 205 g/mol. The zero-order valence-electron chi connectivity index (χ0n) is 10.4. The molecule has 90 valence electrons. The Morgan fingerprint density at radius 2 is 2.06 bits per heavy atom. The number of rotatable bonds is 5. The molecule has 1 rings (SSSR count). The van der Waals surface area contributed by atoms with E-state index in [1.165, 1.54) is 0 Å². The quantitative estimate of drug-likeness (QED) is 0.831. The molecule has 0 saturated heterocycles. The standard InChI is InChI=1S/C13H20FNO/c1-9-5-6-12(7-13(9)14)8-15-10(2)11(3)16-4/h5-7,10-11,15H,8H2,1-4H3. The van der Waals surface area contributed by atoms with Crippen LogP contribution in [0.15, 0.2) is 18.2 Å². The third-order valence-electron chi connectivity index (χ3n) is 2.94. The molecule has 0 bridgehead atoms. The van der Waals surface area contributed by atoms with E-state index in [1.54, 1.807) is 26.2 Å². The first-order chi connectivity index (χ1) is 7.54. The van der Waals surface area contributed by atoms with Gasteiger partial charge in [0.1, 0.15) is 5.82 Å². The van der Waals surface area contributed by atoms with Gasteiger partial charge in [-0.3, -0.25) is 0 Å². The second-order valence-electron chi connectivity index (χ2n) is 4.19. The fourth-order valence-corrected chi connectivity index (χ4v) is 1.40. The molecule has 0 amide bonds. The first-order valence-corrected chi connectivity index (χ1v) is 5.55. The van der Waals surface area contributed by atoms with Crippen molar-refractivity contribution in [2.45, 2.75) is 39.5 Å². The average Bonchev–Trinajstić information content (AvgIpc) is 2.29. The van der Waals surface area contributed by atoms with E-state index in [0.29, 0.717) is 12.1 Å². The average molecular weight is 225 g/mol. The van der Waals surface area contributed by atoms with Gasteiger partial charge in [0.05, 0.1) is 6.10 Å². The van der Waals surface area contributed by atoms with Gasteiger partial charge in [-0.15, -0.1) is 0 Å². The van der Waals surface area contributed by atoms with Crippen molar-refractivity contribution in [3.63, 3.8) is 0 Å². The molecular formula is C13H20FNO. The van der Waals surface area contributed by atoms with E-state index in [9.17, 15) is 4.39 Å². The van der Waals surface area contributed by atoms with Crippen LogP contribution >= 0.6 is 0 Å². The Labute approximate surface area is 96.8 Å². The molecule has 16 heavy (non-hydrogen) atoms. The van der Waals surface area contributed by atoms with E-state index in [1.807, 2.05) is 13.0 Å². The highest BCUT2D eigenvalue weighted by Gasteiger charge is 2.10. The number of nitrogens with one attached hydrogen (secondary N) is 1. The monoisotopic (exact) mass is 225 g/mol. The zero-order chi connectivity index (χ0) is 12.1. The van der Waals surface area contributed by atoms with Crippen molar-refractivity contribution in [1.29, 1.82) is 0 Å². The van der Waals surface area contributed by atoms with Gasteiger partial charge in [0, 0.05) is 19.7 Å². The molecule has 1 N–H and O–H groups in total. The molecule has 2 unspecified atom stereocenters. The molecule has 0 aliphatic carbocycles. The van der Waals surface area contributed by atoms with E-state index in [4.69, 9.17) is 4.74 Å². The van der Waals surface area contributed by atoms with E-state index in [0.717, 1.165) is 5.56 Å². The van der Waals surface area contributed by atoms with Crippen LogP contribution in [0, 0.1) is 12.7 Å². The van der Waals surface area contributed by atoms with Gasteiger partial charge in [0.2, 0.25) is 0 Å². The Morgan fingerprint density at radius 3 is 2.62 bits per heavy atom. The summed E-state index contributed by atoms with van der Waals surface area (Å²) in [7, 11) is 1.69. The Balaban J connectivity index is 2.51. The van der Waals surface area contributed by atoms with Gasteiger partial charge in [-0.2, -0.15) is 0 Å². The lowest BCUT2D eigenvalue weighted by Crippen LogP contribution is -2.36. The Kier molecular flexibility index (Phi) is 4.90. The fraction of sp³-hybridized carbons (Fsp3) is 0.538. The zero-order valence-corrected chi connectivity index (χ0v) is 10.4. The van der Waals surface area contributed by atoms with Crippen molar-refractivity contribution in [3.05, 3.63) is 35.1 Å². The van der Waals surface area contributed by atoms with Crippen molar-refractivity contribution in [1.82, 2.24) is 5.32 Å². The molecule has 2 nitrogen and oxygen atoms in total. The third-order valence-corrected chi connectivity index (χ3v) is 2.94. The number of hydrogen-bond acceptors (Lipinski definition) is 2. The number of benzene rings is 1. The summed E-state index contributed by atoms with van der Waals surface area (Å²) >= 11 is 0. The van der Waals surface area contributed by atoms with Gasteiger partial charge in [-0.05, 0) is 38.0 Å². The predicted octanol–water partition coefficient (Wildman–Crippen LogP) is 2.65. The van der Waals surface area contributed by atoms with Gasteiger partial charge in [0.15, 0.2) is 0 Å².